The number of nitrogens with one attached hydrogen (secondary N) is 1. The smallest absolute Gasteiger partial charge is 1.00 e. The second-order valence-corrected chi connectivity index (χ2v) is 25.8. The first-order valence-corrected chi connectivity index (χ1v) is 38.4. The number of phenolic OH excluding ortho intramolecular Hbond substituents is 1. The minimum Gasteiger partial charge on any atom is -1.00 e. The standard InChI is InChI=1S/C23H18N2O4.C23H14N2O4.C23H16O4.C11H8O2.C8H16Br2.CH2O3.CH4O.5CH4.ClH2NO.FH.2K.H/c2*26-24-13-20-18-7-3-1-5-16(18)9-11-22(20)28-15-29-23-12-10-17-6-2-4-8-19(17)21(23)14-25-27;24-13-20-18-7-3-1-5-16(18)9-11-22(20)26-15-27-23-12-10-17-6-2-4-8-19(17)21(23)14-25;12-7-10-9-4-2-1-3-8(9)5-6-11(10)13;9-7-5-3-1-2-4-6-8-10;2-1-4-3;1-2;;;;;;1-2-3;;;;/h1-14,26-27H,15H2;1-12H,15H2;1-14H,15H2;1-7,13H;1-8H2;1,3H;2H,1H3;5*1H4;2-3H;1H;;;/q;;;;;;;;;;;;;;2*+1;-1/p-1/b24-13+,25-14+;;;;;;;;;;;;;;;;. The van der Waals surface area contributed by atoms with Crippen molar-refractivity contribution in [1.82, 2.24) is 5.00 Å². The molecule has 0 aliphatic carbocycles. The molecule has 0 radical (unpaired) electrons. The van der Waals surface area contributed by atoms with Gasteiger partial charge in [0.15, 0.2) is 30.0 Å². The molecule has 0 saturated carbocycles. The first kappa shape index (κ1) is 117. The Morgan fingerprint density at radius 3 is 0.856 bits per heavy atom. The molecular weight excluding hydrogens is 1810 g/mol. The van der Waals surface area contributed by atoms with Gasteiger partial charge in [-0.1, -0.05) is 317 Å². The van der Waals surface area contributed by atoms with Crippen molar-refractivity contribution >= 4 is 157 Å². The fraction of sp³-hybridized carbons (Fsp3) is 0.179. The summed E-state index contributed by atoms with van der Waals surface area (Å²) in [6.45, 7) is -0.522. The van der Waals surface area contributed by atoms with Crippen LogP contribution in [0.15, 0.2) is 265 Å². The molecule has 0 spiro atoms. The summed E-state index contributed by atoms with van der Waals surface area (Å²) in [4.78, 5) is 46.3. The second kappa shape index (κ2) is 67.2. The Morgan fingerprint density at radius 2 is 0.600 bits per heavy atom. The van der Waals surface area contributed by atoms with Crippen LogP contribution in [0.1, 0.15) is 130 Å². The van der Waals surface area contributed by atoms with Crippen molar-refractivity contribution in [3.63, 3.8) is 0 Å². The Labute approximate surface area is 835 Å². The maximum absolute atomic E-state index is 11.6. The number of alkyl halides is 2. The molecule has 125 heavy (non-hydrogen) atoms. The molecule has 14 aromatic rings. The number of ether oxygens (including phenoxy) is 6. The van der Waals surface area contributed by atoms with Gasteiger partial charge in [-0.05, 0) is 120 Å². The summed E-state index contributed by atoms with van der Waals surface area (Å²) in [5, 5.41) is 98.4. The Bertz CT molecular complexity index is 5500. The van der Waals surface area contributed by atoms with Gasteiger partial charge in [0.1, 0.15) is 40.2 Å². The number of fused-ring (bicyclic) bond motifs is 7. The van der Waals surface area contributed by atoms with Crippen LogP contribution in [0.5, 0.6) is 40.2 Å². The number of benzene rings is 14. The zero-order chi connectivity index (χ0) is 83.8. The average Bonchev–Trinajstić information content (AvgIpc) is 0.811. The van der Waals surface area contributed by atoms with Gasteiger partial charge in [-0.2, -0.15) is 0 Å². The van der Waals surface area contributed by atoms with Crippen LogP contribution in [-0.2, 0) is 9.68 Å². The number of aliphatic hydroxyl groups excluding tert-OH is 1. The van der Waals surface area contributed by atoms with Gasteiger partial charge in [-0.25, -0.2) is 0 Å². The van der Waals surface area contributed by atoms with Gasteiger partial charge in [0, 0.05) is 61.5 Å². The molecule has 0 bridgehead atoms. The van der Waals surface area contributed by atoms with Gasteiger partial charge >= 0.3 is 115 Å². The fourth-order valence-electron chi connectivity index (χ4n) is 12.1. The molecule has 0 aliphatic rings. The van der Waals surface area contributed by atoms with E-state index in [1.165, 1.54) is 72.7 Å². The zero-order valence-corrected chi connectivity index (χ0v) is 75.4. The van der Waals surface area contributed by atoms with E-state index in [0.29, 0.717) is 79.7 Å². The molecule has 0 atom stereocenters. The number of phenols is 1. The van der Waals surface area contributed by atoms with Gasteiger partial charge in [0.2, 0.25) is 20.4 Å². The number of aromatic hydroxyl groups is 1. The number of hydrogen-bond acceptors (Lipinski definition) is 22. The van der Waals surface area contributed by atoms with Crippen molar-refractivity contribution in [3.05, 3.63) is 314 Å². The van der Waals surface area contributed by atoms with Crippen LogP contribution in [0, 0.1) is 22.6 Å². The molecule has 0 saturated heterocycles. The maximum Gasteiger partial charge on any atom is 1.00 e. The van der Waals surface area contributed by atoms with Gasteiger partial charge in [0.25, 0.3) is 6.47 Å². The topological polar surface area (TPSA) is 349 Å². The number of aliphatic hydroxyl groups is 1. The predicted octanol–water partition coefficient (Wildman–Crippen LogP) is 17.9. The molecule has 30 heteroatoms. The van der Waals surface area contributed by atoms with Crippen molar-refractivity contribution in [1.29, 1.82) is 0 Å². The summed E-state index contributed by atoms with van der Waals surface area (Å²) in [5.41, 5.74) is 3.53. The third kappa shape index (κ3) is 34.9. The number of halogens is 4. The van der Waals surface area contributed by atoms with E-state index in [-0.39, 0.29) is 179 Å². The normalized spacial score (nSPS) is 9.53. The molecule has 14 rings (SSSR count). The van der Waals surface area contributed by atoms with Gasteiger partial charge in [-0.15, -0.1) is 5.00 Å². The summed E-state index contributed by atoms with van der Waals surface area (Å²) >= 11 is 11.2. The van der Waals surface area contributed by atoms with Gasteiger partial charge in [0.05, 0.1) is 29.1 Å². The summed E-state index contributed by atoms with van der Waals surface area (Å²) in [6.07, 6.45) is 13.2. The predicted molar refractivity (Wildman–Crippen MR) is 501 cm³/mol. The summed E-state index contributed by atoms with van der Waals surface area (Å²) < 4.78 is 34.4. The number of carbonyl (C=O) groups is 4. The van der Waals surface area contributed by atoms with Crippen LogP contribution in [0.3, 0.4) is 0 Å². The molecule has 14 aromatic carbocycles. The van der Waals surface area contributed by atoms with Crippen LogP contribution >= 0.6 is 43.6 Å². The number of hydrogen-bond donors (Lipinski definition) is 6. The zero-order valence-electron chi connectivity index (χ0n) is 66.3. The van der Waals surface area contributed by atoms with E-state index in [4.69, 9.17) is 59.2 Å². The monoisotopic (exact) mass is 1910 g/mol. The molecule has 0 aliphatic heterocycles. The third-order valence-corrected chi connectivity index (χ3v) is 18.5. The van der Waals surface area contributed by atoms with E-state index in [9.17, 15) is 29.9 Å². The summed E-state index contributed by atoms with van der Waals surface area (Å²) in [7, 11) is 1.00. The van der Waals surface area contributed by atoms with E-state index in [1.807, 2.05) is 206 Å². The Hall–Kier alpha value is -10.2. The maximum atomic E-state index is 11.6. The average molecular weight is 1910 g/mol. The van der Waals surface area contributed by atoms with Crippen LogP contribution in [0.4, 0.5) is 4.70 Å². The molecule has 6 N–H and O–H groups in total. The number of oxime groups is 2. The largest absolute Gasteiger partial charge is 1.00 e. The number of rotatable bonds is 25. The van der Waals surface area contributed by atoms with E-state index in [1.54, 1.807) is 42.5 Å². The van der Waals surface area contributed by atoms with Crippen molar-refractivity contribution in [2.45, 2.75) is 75.7 Å². The summed E-state index contributed by atoms with van der Waals surface area (Å²) in [6, 6.07) is 83.4. The molecule has 0 heterocycles. The minimum absolute atomic E-state index is 0. The molecule has 650 valence electrons. The van der Waals surface area contributed by atoms with Crippen LogP contribution in [-0.4, -0.2) is 102 Å². The molecule has 0 aromatic heterocycles. The van der Waals surface area contributed by atoms with Crippen LogP contribution in [0.25, 0.3) is 85.4 Å². The quantitative estimate of drug-likeness (QED) is 0.00296. The van der Waals surface area contributed by atoms with Crippen LogP contribution in [0.2, 0.25) is 0 Å². The van der Waals surface area contributed by atoms with E-state index >= 15 is 0 Å². The molecule has 24 nitrogen and oxygen atoms in total. The van der Waals surface area contributed by atoms with Gasteiger partial charge < -0.3 is 76.2 Å². The number of carbonyl (C=O) groups excluding carboxylic acids is 4. The Morgan fingerprint density at radius 1 is 0.384 bits per heavy atom. The van der Waals surface area contributed by atoms with E-state index in [0.717, 1.165) is 95.1 Å². The SMILES string of the molecule is BrCCCCCCCCBr.C.C.C.C.C.CO.F.O/N=C/c1c(OCOc2ccc3ccccc3c2/C=N/O)ccc2ccccc12.O=CO[O-].O=Cc1c(O)ccc2ccccc12.O=Cc1c(OCOc2ccc3ccccc3c2C=O)ccc2ccccc12.ONCl.[H-].[K+].[K+].[O-][N+]#Cc1c(OCOc2ccc3ccccc3c2C#[N+][O-])ccc2ccccc12. The Balaban J connectivity index is -0.00000149. The second-order valence-electron chi connectivity index (χ2n) is 24.1. The fourth-order valence-corrected chi connectivity index (χ4v) is 12.9. The minimum atomic E-state index is -0.181. The van der Waals surface area contributed by atoms with Crippen molar-refractivity contribution < 1.29 is 192 Å². The third-order valence-electron chi connectivity index (χ3n) is 17.3. The van der Waals surface area contributed by atoms with Gasteiger partial charge in [-0.3, -0.25) is 23.9 Å². The first-order chi connectivity index (χ1) is 57.5. The van der Waals surface area contributed by atoms with E-state index < -0.39 is 0 Å². The number of nitrogens with zero attached hydrogens (tertiary/aromatic N) is 4. The summed E-state index contributed by atoms with van der Waals surface area (Å²) in [5.74, 6) is 2.79. The van der Waals surface area contributed by atoms with Crippen LogP contribution < -0.4 is 141 Å². The number of unbranched alkanes of at least 4 members (excludes halogenated alkanes) is 5. The van der Waals surface area contributed by atoms with E-state index in [2.05, 4.69) is 81.0 Å². The number of aldehydes is 3. The molecule has 0 unspecified atom stereocenters. The molecule has 0 amide bonds. The van der Waals surface area contributed by atoms with Crippen molar-refractivity contribution in [2.24, 2.45) is 10.3 Å². The molecular formula is C95H101Br2ClFK2N5O19. The molecule has 0 fully saturated rings. The van der Waals surface area contributed by atoms with Crippen molar-refractivity contribution in [3.8, 4) is 52.4 Å². The Kier molecular flexibility index (Phi) is 62.8. The first-order valence-electron chi connectivity index (χ1n) is 35.8. The van der Waals surface area contributed by atoms with Crippen molar-refractivity contribution in [2.75, 3.05) is 38.1 Å².